The van der Waals surface area contributed by atoms with Crippen LogP contribution >= 0.6 is 11.3 Å². The molecule has 0 aliphatic heterocycles. The quantitative estimate of drug-likeness (QED) is 0.896. The average molecular weight is 267 g/mol. The number of carbonyl (C=O) groups is 1. The highest BCUT2D eigenvalue weighted by atomic mass is 32.1. The molecule has 94 valence electrons. The van der Waals surface area contributed by atoms with Crippen molar-refractivity contribution in [1.29, 1.82) is 0 Å². The number of rotatable bonds is 3. The molecule has 0 amide bonds. The molecule has 0 unspecified atom stereocenters. The molecule has 0 fully saturated rings. The molecule has 0 atom stereocenters. The van der Waals surface area contributed by atoms with Gasteiger partial charge >= 0.3 is 5.97 Å². The van der Waals surface area contributed by atoms with Gasteiger partial charge in [-0.15, -0.1) is 11.3 Å². The summed E-state index contributed by atoms with van der Waals surface area (Å²) in [5, 5.41) is 8.90. The Morgan fingerprint density at radius 3 is 2.67 bits per heavy atom. The number of nitrogen functional groups attached to an aromatic ring is 1. The van der Waals surface area contributed by atoms with Crippen LogP contribution in [0.1, 0.15) is 9.67 Å². The highest BCUT2D eigenvalue weighted by Gasteiger charge is 2.15. The number of benzene rings is 1. The van der Waals surface area contributed by atoms with Crippen molar-refractivity contribution in [3.8, 4) is 16.2 Å². The van der Waals surface area contributed by atoms with E-state index in [1.54, 1.807) is 6.07 Å². The van der Waals surface area contributed by atoms with Crippen LogP contribution in [0.2, 0.25) is 0 Å². The number of methoxy groups -OCH3 is 1. The van der Waals surface area contributed by atoms with E-state index in [4.69, 9.17) is 15.6 Å². The van der Waals surface area contributed by atoms with Crippen molar-refractivity contribution in [2.75, 3.05) is 12.8 Å². The number of nitrogens with two attached hydrogens (primary N) is 1. The van der Waals surface area contributed by atoms with Crippen LogP contribution in [-0.4, -0.2) is 18.2 Å². The van der Waals surface area contributed by atoms with Crippen LogP contribution in [0.25, 0.3) is 10.4 Å². The maximum Gasteiger partial charge on any atom is 0.348 e. The van der Waals surface area contributed by atoms with E-state index >= 15 is 0 Å². The van der Waals surface area contributed by atoms with Crippen LogP contribution in [-0.2, 0) is 0 Å². The average Bonchev–Trinajstić information content (AvgIpc) is 2.71. The number of thiophene rings is 1. The molecule has 4 nitrogen and oxygen atoms in total. The minimum Gasteiger partial charge on any atom is -0.494 e. The predicted octanol–water partition coefficient (Wildman–Crippen LogP) is 2.84. The first-order valence-electron chi connectivity index (χ1n) is 4.99. The molecule has 2 rings (SSSR count). The topological polar surface area (TPSA) is 72.5 Å². The van der Waals surface area contributed by atoms with Crippen molar-refractivity contribution in [3.05, 3.63) is 35.0 Å². The van der Waals surface area contributed by atoms with E-state index in [9.17, 15) is 9.18 Å². The zero-order valence-corrected chi connectivity index (χ0v) is 10.3. The second kappa shape index (κ2) is 4.66. The summed E-state index contributed by atoms with van der Waals surface area (Å²) in [6.07, 6.45) is 0. The monoisotopic (exact) mass is 267 g/mol. The summed E-state index contributed by atoms with van der Waals surface area (Å²) >= 11 is 1.01. The molecule has 3 N–H and O–H groups in total. The molecule has 6 heteroatoms. The fourth-order valence-electron chi connectivity index (χ4n) is 1.53. The number of carboxylic acids is 1. The number of ether oxygens (including phenoxy) is 1. The minimum absolute atomic E-state index is 0.0567. The lowest BCUT2D eigenvalue weighted by molar-refractivity contribution is 0.0703. The second-order valence-electron chi connectivity index (χ2n) is 3.55. The molecular formula is C12H10FNO3S. The second-order valence-corrected chi connectivity index (χ2v) is 4.60. The highest BCUT2D eigenvalue weighted by Crippen LogP contribution is 2.34. The Bertz CT molecular complexity index is 609. The summed E-state index contributed by atoms with van der Waals surface area (Å²) in [7, 11) is 1.38. The Labute approximate surface area is 106 Å². The molecule has 0 saturated heterocycles. The molecule has 0 spiro atoms. The molecule has 2 aromatic rings. The summed E-state index contributed by atoms with van der Waals surface area (Å²) < 4.78 is 18.3. The van der Waals surface area contributed by atoms with E-state index < -0.39 is 11.8 Å². The van der Waals surface area contributed by atoms with Crippen LogP contribution in [0.4, 0.5) is 10.1 Å². The first-order chi connectivity index (χ1) is 8.52. The van der Waals surface area contributed by atoms with Gasteiger partial charge in [0, 0.05) is 4.88 Å². The normalized spacial score (nSPS) is 10.3. The molecule has 1 aromatic heterocycles. The van der Waals surface area contributed by atoms with Crippen molar-refractivity contribution < 1.29 is 19.0 Å². The Balaban J connectivity index is 2.46. The third kappa shape index (κ3) is 2.14. The summed E-state index contributed by atoms with van der Waals surface area (Å²) in [4.78, 5) is 11.5. The van der Waals surface area contributed by atoms with Crippen LogP contribution in [0.5, 0.6) is 5.75 Å². The van der Waals surface area contributed by atoms with E-state index in [0.717, 1.165) is 11.3 Å². The third-order valence-corrected chi connectivity index (χ3v) is 3.58. The SMILES string of the molecule is COc1ccc(-c2cc(N)c(C(=O)O)s2)cc1F. The maximum atomic E-state index is 13.5. The van der Waals surface area contributed by atoms with Gasteiger partial charge < -0.3 is 15.6 Å². The molecule has 18 heavy (non-hydrogen) atoms. The fraction of sp³-hybridized carbons (Fsp3) is 0.0833. The molecule has 0 radical (unpaired) electrons. The van der Waals surface area contributed by atoms with Gasteiger partial charge in [-0.05, 0) is 29.8 Å². The molecule has 1 aromatic carbocycles. The van der Waals surface area contributed by atoms with E-state index in [-0.39, 0.29) is 16.3 Å². The molecule has 0 aliphatic rings. The summed E-state index contributed by atoms with van der Waals surface area (Å²) in [5.41, 5.74) is 6.33. The van der Waals surface area contributed by atoms with Crippen LogP contribution in [0, 0.1) is 5.82 Å². The number of anilines is 1. The van der Waals surface area contributed by atoms with Gasteiger partial charge in [-0.3, -0.25) is 0 Å². The summed E-state index contributed by atoms with van der Waals surface area (Å²) in [5.74, 6) is -1.45. The van der Waals surface area contributed by atoms with Gasteiger partial charge in [0.15, 0.2) is 11.6 Å². The van der Waals surface area contributed by atoms with Crippen molar-refractivity contribution >= 4 is 23.0 Å². The Morgan fingerprint density at radius 1 is 1.44 bits per heavy atom. The smallest absolute Gasteiger partial charge is 0.348 e. The number of carboxylic acid groups (broad SMARTS) is 1. The van der Waals surface area contributed by atoms with E-state index in [1.807, 2.05) is 0 Å². The number of hydrogen-bond acceptors (Lipinski definition) is 4. The van der Waals surface area contributed by atoms with Gasteiger partial charge in [-0.2, -0.15) is 0 Å². The summed E-state index contributed by atoms with van der Waals surface area (Å²) in [6.45, 7) is 0. The molecule has 0 bridgehead atoms. The van der Waals surface area contributed by atoms with Crippen molar-refractivity contribution in [1.82, 2.24) is 0 Å². The predicted molar refractivity (Wildman–Crippen MR) is 67.6 cm³/mol. The number of halogens is 1. The lowest BCUT2D eigenvalue weighted by atomic mass is 10.1. The maximum absolute atomic E-state index is 13.5. The largest absolute Gasteiger partial charge is 0.494 e. The van der Waals surface area contributed by atoms with Gasteiger partial charge in [0.2, 0.25) is 0 Å². The van der Waals surface area contributed by atoms with E-state index in [1.165, 1.54) is 25.3 Å². The van der Waals surface area contributed by atoms with Gasteiger partial charge in [-0.25, -0.2) is 9.18 Å². The minimum atomic E-state index is -1.09. The van der Waals surface area contributed by atoms with Crippen molar-refractivity contribution in [2.45, 2.75) is 0 Å². The molecule has 0 aliphatic carbocycles. The fourth-order valence-corrected chi connectivity index (χ4v) is 2.45. The lowest BCUT2D eigenvalue weighted by Gasteiger charge is -2.03. The van der Waals surface area contributed by atoms with E-state index in [0.29, 0.717) is 10.4 Å². The zero-order chi connectivity index (χ0) is 13.3. The van der Waals surface area contributed by atoms with Gasteiger partial charge in [-0.1, -0.05) is 0 Å². The first-order valence-corrected chi connectivity index (χ1v) is 5.81. The number of aromatic carboxylic acids is 1. The highest BCUT2D eigenvalue weighted by molar-refractivity contribution is 7.17. The van der Waals surface area contributed by atoms with Crippen LogP contribution in [0.15, 0.2) is 24.3 Å². The van der Waals surface area contributed by atoms with Crippen molar-refractivity contribution in [3.63, 3.8) is 0 Å². The third-order valence-electron chi connectivity index (χ3n) is 2.39. The Hall–Kier alpha value is -2.08. The first kappa shape index (κ1) is 12.4. The number of hydrogen-bond donors (Lipinski definition) is 2. The van der Waals surface area contributed by atoms with E-state index in [2.05, 4.69) is 0 Å². The Kier molecular flexibility index (Phi) is 3.20. The Morgan fingerprint density at radius 2 is 2.17 bits per heavy atom. The van der Waals surface area contributed by atoms with Gasteiger partial charge in [0.25, 0.3) is 0 Å². The lowest BCUT2D eigenvalue weighted by Crippen LogP contribution is -1.96. The van der Waals surface area contributed by atoms with Gasteiger partial charge in [0.1, 0.15) is 4.88 Å². The summed E-state index contributed by atoms with van der Waals surface area (Å²) in [6, 6.07) is 5.95. The zero-order valence-electron chi connectivity index (χ0n) is 9.44. The molecule has 1 heterocycles. The van der Waals surface area contributed by atoms with Gasteiger partial charge in [0.05, 0.1) is 12.8 Å². The van der Waals surface area contributed by atoms with Crippen LogP contribution < -0.4 is 10.5 Å². The van der Waals surface area contributed by atoms with Crippen LogP contribution in [0.3, 0.4) is 0 Å². The van der Waals surface area contributed by atoms with Crippen molar-refractivity contribution in [2.24, 2.45) is 0 Å². The molecule has 0 saturated carbocycles. The molecular weight excluding hydrogens is 257 g/mol. The standard InChI is InChI=1S/C12H10FNO3S/c1-17-9-3-2-6(4-7(9)13)10-5-8(14)11(18-10)12(15)16/h2-5H,14H2,1H3,(H,15,16).